The number of hydrogen-bond acceptors (Lipinski definition) is 15. The second kappa shape index (κ2) is 67.2. The molecule has 0 amide bonds. The summed E-state index contributed by atoms with van der Waals surface area (Å²) in [6.07, 6.45) is 52.7. The number of phosphoric acid groups is 2. The monoisotopic (exact) mass is 1420 g/mol. The normalized spacial score (nSPS) is 14.6. The zero-order valence-corrected chi connectivity index (χ0v) is 65.5. The second-order valence-corrected chi connectivity index (χ2v) is 32.4. The quantitative estimate of drug-likeness (QED) is 0.0222. The largest absolute Gasteiger partial charge is 0.472 e. The van der Waals surface area contributed by atoms with Crippen LogP contribution in [0.25, 0.3) is 0 Å². The predicted molar refractivity (Wildman–Crippen MR) is 395 cm³/mol. The Balaban J connectivity index is 5.25. The van der Waals surface area contributed by atoms with Crippen molar-refractivity contribution < 1.29 is 80.2 Å². The third-order valence-corrected chi connectivity index (χ3v) is 20.7. The van der Waals surface area contributed by atoms with E-state index >= 15 is 0 Å². The van der Waals surface area contributed by atoms with Gasteiger partial charge in [-0.3, -0.25) is 37.3 Å². The maximum absolute atomic E-state index is 13.1. The lowest BCUT2D eigenvalue weighted by Gasteiger charge is -2.21. The van der Waals surface area contributed by atoms with E-state index in [9.17, 15) is 43.2 Å². The third kappa shape index (κ3) is 69.5. The standard InChI is InChI=1S/C78H152O17P2/c1-9-70(7)56-48-40-32-28-29-35-45-53-61-78(83)95-74(65-89-76(81)59-51-43-37-36-41-49-57-71(8)10-2)67-93-97(86,87)91-63-72(79)62-90-96(84,85)92-66-73(64-88-75(80)58-50-42-33-26-22-19-15-17-21-25-31-39-47-55-69(5)6)94-77(82)60-52-44-34-27-23-18-14-12-11-13-16-20-24-30-38-46-54-68(3)4/h68-74,79H,9-67H2,1-8H3,(H,84,85)(H,86,87)/t70?,71?,72-,73-,74-/m1/s1. The molecule has 4 unspecified atom stereocenters. The van der Waals surface area contributed by atoms with Crippen LogP contribution in [-0.2, 0) is 65.4 Å². The molecule has 0 aromatic heterocycles. The first-order valence-corrected chi connectivity index (χ1v) is 43.3. The lowest BCUT2D eigenvalue weighted by atomic mass is 9.99. The van der Waals surface area contributed by atoms with Crippen LogP contribution in [0.15, 0.2) is 0 Å². The van der Waals surface area contributed by atoms with E-state index in [1.54, 1.807) is 0 Å². The van der Waals surface area contributed by atoms with E-state index < -0.39 is 97.5 Å². The fraction of sp³-hybridized carbons (Fsp3) is 0.949. The molecule has 0 aromatic carbocycles. The molecule has 97 heavy (non-hydrogen) atoms. The Morgan fingerprint density at radius 2 is 0.495 bits per heavy atom. The summed E-state index contributed by atoms with van der Waals surface area (Å²) in [7, 11) is -9.92. The highest BCUT2D eigenvalue weighted by atomic mass is 31.2. The molecular weight excluding hydrogens is 1270 g/mol. The third-order valence-electron chi connectivity index (χ3n) is 18.8. The molecule has 0 spiro atoms. The highest BCUT2D eigenvalue weighted by Crippen LogP contribution is 2.45. The van der Waals surface area contributed by atoms with Crippen molar-refractivity contribution in [2.75, 3.05) is 39.6 Å². The van der Waals surface area contributed by atoms with E-state index in [-0.39, 0.29) is 25.7 Å². The van der Waals surface area contributed by atoms with Crippen molar-refractivity contribution in [3.63, 3.8) is 0 Å². The van der Waals surface area contributed by atoms with Gasteiger partial charge in [0.1, 0.15) is 19.3 Å². The van der Waals surface area contributed by atoms with Gasteiger partial charge in [0.15, 0.2) is 12.2 Å². The number of phosphoric ester groups is 2. The molecule has 0 radical (unpaired) electrons. The Hall–Kier alpha value is -1.94. The molecular formula is C78H152O17P2. The Morgan fingerprint density at radius 3 is 0.732 bits per heavy atom. The summed E-state index contributed by atoms with van der Waals surface area (Å²) < 4.78 is 68.6. The molecule has 3 N–H and O–H groups in total. The average Bonchev–Trinajstić information content (AvgIpc) is 3.61. The minimum atomic E-state index is -4.96. The van der Waals surface area contributed by atoms with Gasteiger partial charge in [0.25, 0.3) is 0 Å². The zero-order chi connectivity index (χ0) is 71.7. The van der Waals surface area contributed by atoms with Crippen LogP contribution >= 0.6 is 15.6 Å². The fourth-order valence-corrected chi connectivity index (χ4v) is 13.4. The van der Waals surface area contributed by atoms with Gasteiger partial charge in [-0.05, 0) is 49.4 Å². The number of carbonyl (C=O) groups is 4. The number of hydrogen-bond donors (Lipinski definition) is 3. The molecule has 0 fully saturated rings. The lowest BCUT2D eigenvalue weighted by molar-refractivity contribution is -0.161. The summed E-state index contributed by atoms with van der Waals surface area (Å²) in [5, 5.41) is 10.6. The molecule has 0 bridgehead atoms. The van der Waals surface area contributed by atoms with Crippen LogP contribution in [0.2, 0.25) is 0 Å². The van der Waals surface area contributed by atoms with E-state index in [1.165, 1.54) is 193 Å². The number of esters is 4. The molecule has 576 valence electrons. The number of rotatable bonds is 75. The van der Waals surface area contributed by atoms with Crippen molar-refractivity contribution in [1.29, 1.82) is 0 Å². The Labute approximate surface area is 594 Å². The van der Waals surface area contributed by atoms with Crippen LogP contribution in [-0.4, -0.2) is 96.7 Å². The molecule has 0 saturated heterocycles. The van der Waals surface area contributed by atoms with Crippen molar-refractivity contribution >= 4 is 39.5 Å². The number of unbranched alkanes of at least 4 members (excludes halogenated alkanes) is 39. The van der Waals surface area contributed by atoms with Crippen molar-refractivity contribution in [2.45, 2.75) is 414 Å². The Kier molecular flexibility index (Phi) is 65.9. The van der Waals surface area contributed by atoms with E-state index in [0.717, 1.165) is 120 Å². The summed E-state index contributed by atoms with van der Waals surface area (Å²) in [4.78, 5) is 72.9. The molecule has 0 heterocycles. The van der Waals surface area contributed by atoms with Gasteiger partial charge in [0, 0.05) is 25.7 Å². The minimum absolute atomic E-state index is 0.104. The van der Waals surface area contributed by atoms with Gasteiger partial charge in [-0.2, -0.15) is 0 Å². The summed E-state index contributed by atoms with van der Waals surface area (Å²) in [6.45, 7) is 14.2. The lowest BCUT2D eigenvalue weighted by Crippen LogP contribution is -2.30. The molecule has 0 aliphatic rings. The van der Waals surface area contributed by atoms with Crippen molar-refractivity contribution in [2.24, 2.45) is 23.7 Å². The second-order valence-electron chi connectivity index (χ2n) is 29.5. The number of carbonyl (C=O) groups excluding carboxylic acids is 4. The molecule has 17 nitrogen and oxygen atoms in total. The molecule has 19 heteroatoms. The summed E-state index contributed by atoms with van der Waals surface area (Å²) in [5.41, 5.74) is 0. The van der Waals surface area contributed by atoms with Gasteiger partial charge in [-0.1, -0.05) is 344 Å². The summed E-state index contributed by atoms with van der Waals surface area (Å²) in [5.74, 6) is 0.980. The first-order valence-electron chi connectivity index (χ1n) is 40.3. The van der Waals surface area contributed by atoms with E-state index in [4.69, 9.17) is 37.0 Å². The smallest absolute Gasteiger partial charge is 0.462 e. The molecule has 0 aliphatic carbocycles. The van der Waals surface area contributed by atoms with Crippen LogP contribution in [0.5, 0.6) is 0 Å². The molecule has 0 saturated carbocycles. The Bertz CT molecular complexity index is 1910. The molecule has 0 aliphatic heterocycles. The average molecular weight is 1420 g/mol. The first-order chi connectivity index (χ1) is 46.7. The molecule has 0 rings (SSSR count). The SMILES string of the molecule is CCC(C)CCCCCCCCCCC(=O)O[C@H](COC(=O)CCCCCCCCC(C)CC)COP(=O)(O)OC[C@H](O)COP(=O)(O)OC[C@@H](COC(=O)CCCCCCCCCCCCCCCC(C)C)OC(=O)CCCCCCCCCCCCCCCCCCC(C)C. The predicted octanol–water partition coefficient (Wildman–Crippen LogP) is 22.8. The van der Waals surface area contributed by atoms with Gasteiger partial charge in [-0.25, -0.2) is 9.13 Å². The van der Waals surface area contributed by atoms with Crippen LogP contribution < -0.4 is 0 Å². The van der Waals surface area contributed by atoms with Crippen LogP contribution in [0.1, 0.15) is 396 Å². The topological polar surface area (TPSA) is 237 Å². The van der Waals surface area contributed by atoms with Crippen LogP contribution in [0, 0.1) is 23.7 Å². The maximum Gasteiger partial charge on any atom is 0.472 e. The van der Waals surface area contributed by atoms with E-state index in [0.29, 0.717) is 25.7 Å². The van der Waals surface area contributed by atoms with Crippen molar-refractivity contribution in [3.05, 3.63) is 0 Å². The van der Waals surface area contributed by atoms with Crippen LogP contribution in [0.3, 0.4) is 0 Å². The number of aliphatic hydroxyl groups is 1. The number of ether oxygens (including phenoxy) is 4. The van der Waals surface area contributed by atoms with Crippen molar-refractivity contribution in [3.8, 4) is 0 Å². The summed E-state index contributed by atoms with van der Waals surface area (Å²) >= 11 is 0. The van der Waals surface area contributed by atoms with Gasteiger partial charge in [-0.15, -0.1) is 0 Å². The highest BCUT2D eigenvalue weighted by Gasteiger charge is 2.30. The Morgan fingerprint density at radius 1 is 0.289 bits per heavy atom. The van der Waals surface area contributed by atoms with Crippen molar-refractivity contribution in [1.82, 2.24) is 0 Å². The molecule has 0 aromatic rings. The van der Waals surface area contributed by atoms with Gasteiger partial charge >= 0.3 is 39.5 Å². The zero-order valence-electron chi connectivity index (χ0n) is 63.7. The maximum atomic E-state index is 13.1. The number of aliphatic hydroxyl groups excluding tert-OH is 1. The van der Waals surface area contributed by atoms with Gasteiger partial charge < -0.3 is 33.8 Å². The first kappa shape index (κ1) is 95.1. The summed E-state index contributed by atoms with van der Waals surface area (Å²) in [6, 6.07) is 0. The van der Waals surface area contributed by atoms with E-state index in [1.807, 2.05) is 0 Å². The van der Waals surface area contributed by atoms with E-state index in [2.05, 4.69) is 55.4 Å². The fourth-order valence-electron chi connectivity index (χ4n) is 11.8. The highest BCUT2D eigenvalue weighted by molar-refractivity contribution is 7.47. The van der Waals surface area contributed by atoms with Gasteiger partial charge in [0.2, 0.25) is 0 Å². The minimum Gasteiger partial charge on any atom is -0.462 e. The molecule has 7 atom stereocenters. The van der Waals surface area contributed by atoms with Gasteiger partial charge in [0.05, 0.1) is 26.4 Å². The van der Waals surface area contributed by atoms with Crippen LogP contribution in [0.4, 0.5) is 0 Å².